The van der Waals surface area contributed by atoms with Crippen LogP contribution >= 0.6 is 0 Å². The zero-order valence-electron chi connectivity index (χ0n) is 9.62. The fourth-order valence-corrected chi connectivity index (χ4v) is 3.07. The zero-order valence-corrected chi connectivity index (χ0v) is 9.62. The van der Waals surface area contributed by atoms with E-state index in [9.17, 15) is 4.79 Å². The van der Waals surface area contributed by atoms with Crippen LogP contribution in [0.25, 0.3) is 0 Å². The third-order valence-electron chi connectivity index (χ3n) is 3.97. The van der Waals surface area contributed by atoms with Crippen molar-refractivity contribution in [1.82, 2.24) is 4.90 Å². The second kappa shape index (κ2) is 3.84. The SMILES string of the molecule is C/C=C\C1=C(C)C2(CCCC2)CN1C=O. The number of nitrogens with zero attached hydrogens (tertiary/aromatic N) is 1. The summed E-state index contributed by atoms with van der Waals surface area (Å²) in [5, 5.41) is 0. The van der Waals surface area contributed by atoms with E-state index in [0.29, 0.717) is 5.41 Å². The number of carbonyl (C=O) groups is 1. The molecule has 1 amide bonds. The Morgan fingerprint density at radius 2 is 2.00 bits per heavy atom. The first-order valence-electron chi connectivity index (χ1n) is 5.79. The highest BCUT2D eigenvalue weighted by molar-refractivity contribution is 5.57. The van der Waals surface area contributed by atoms with E-state index < -0.39 is 0 Å². The molecule has 0 aromatic heterocycles. The van der Waals surface area contributed by atoms with E-state index in [1.165, 1.54) is 31.3 Å². The summed E-state index contributed by atoms with van der Waals surface area (Å²) < 4.78 is 0. The molecular formula is C13H19NO. The molecule has 1 spiro atoms. The van der Waals surface area contributed by atoms with Crippen LogP contribution in [0.5, 0.6) is 0 Å². The maximum absolute atomic E-state index is 11.0. The summed E-state index contributed by atoms with van der Waals surface area (Å²) in [4.78, 5) is 12.9. The van der Waals surface area contributed by atoms with E-state index in [1.54, 1.807) is 0 Å². The first-order valence-corrected chi connectivity index (χ1v) is 5.79. The van der Waals surface area contributed by atoms with Gasteiger partial charge in [0.15, 0.2) is 0 Å². The maximum atomic E-state index is 11.0. The molecule has 0 aromatic rings. The maximum Gasteiger partial charge on any atom is 0.214 e. The van der Waals surface area contributed by atoms with Gasteiger partial charge in [0.05, 0.1) is 0 Å². The van der Waals surface area contributed by atoms with Crippen molar-refractivity contribution in [3.8, 4) is 0 Å². The van der Waals surface area contributed by atoms with E-state index >= 15 is 0 Å². The molecule has 0 radical (unpaired) electrons. The van der Waals surface area contributed by atoms with Crippen LogP contribution in [-0.2, 0) is 4.79 Å². The Balaban J connectivity index is 2.36. The number of allylic oxidation sites excluding steroid dienone is 2. The van der Waals surface area contributed by atoms with Gasteiger partial charge in [-0.3, -0.25) is 4.79 Å². The molecule has 0 unspecified atom stereocenters. The van der Waals surface area contributed by atoms with Crippen LogP contribution in [0.2, 0.25) is 0 Å². The third-order valence-corrected chi connectivity index (χ3v) is 3.97. The lowest BCUT2D eigenvalue weighted by Gasteiger charge is -2.24. The van der Waals surface area contributed by atoms with Gasteiger partial charge in [-0.1, -0.05) is 18.9 Å². The van der Waals surface area contributed by atoms with Crippen LogP contribution in [0.15, 0.2) is 23.4 Å². The van der Waals surface area contributed by atoms with Gasteiger partial charge in [0.2, 0.25) is 6.41 Å². The molecule has 1 fully saturated rings. The smallest absolute Gasteiger partial charge is 0.214 e. The lowest BCUT2D eigenvalue weighted by molar-refractivity contribution is -0.116. The molecule has 1 saturated carbocycles. The van der Waals surface area contributed by atoms with Gasteiger partial charge in [0, 0.05) is 17.7 Å². The molecule has 0 aromatic carbocycles. The minimum absolute atomic E-state index is 0.315. The van der Waals surface area contributed by atoms with Gasteiger partial charge in [-0.05, 0) is 38.3 Å². The highest BCUT2D eigenvalue weighted by Crippen LogP contribution is 2.50. The van der Waals surface area contributed by atoms with Gasteiger partial charge in [0.1, 0.15) is 0 Å². The molecular weight excluding hydrogens is 186 g/mol. The first-order chi connectivity index (χ1) is 7.23. The van der Waals surface area contributed by atoms with Gasteiger partial charge in [-0.2, -0.15) is 0 Å². The molecule has 2 heteroatoms. The second-order valence-electron chi connectivity index (χ2n) is 4.73. The lowest BCUT2D eigenvalue weighted by atomic mass is 9.81. The molecule has 0 N–H and O–H groups in total. The fraction of sp³-hybridized carbons (Fsp3) is 0.615. The van der Waals surface area contributed by atoms with E-state index in [-0.39, 0.29) is 0 Å². The van der Waals surface area contributed by atoms with E-state index in [4.69, 9.17) is 0 Å². The van der Waals surface area contributed by atoms with Gasteiger partial charge in [-0.25, -0.2) is 0 Å². The van der Waals surface area contributed by atoms with Crippen molar-refractivity contribution in [2.45, 2.75) is 39.5 Å². The van der Waals surface area contributed by atoms with Crippen molar-refractivity contribution in [3.05, 3.63) is 23.4 Å². The summed E-state index contributed by atoms with van der Waals surface area (Å²) in [6.45, 7) is 5.11. The molecule has 82 valence electrons. The summed E-state index contributed by atoms with van der Waals surface area (Å²) >= 11 is 0. The average molecular weight is 205 g/mol. The van der Waals surface area contributed by atoms with Crippen LogP contribution in [0, 0.1) is 5.41 Å². The molecule has 2 nitrogen and oxygen atoms in total. The van der Waals surface area contributed by atoms with Gasteiger partial charge >= 0.3 is 0 Å². The molecule has 1 heterocycles. The minimum atomic E-state index is 0.315. The van der Waals surface area contributed by atoms with Crippen molar-refractivity contribution >= 4 is 6.41 Å². The Bertz CT molecular complexity index is 321. The van der Waals surface area contributed by atoms with Crippen molar-refractivity contribution in [2.24, 2.45) is 5.41 Å². The lowest BCUT2D eigenvalue weighted by Crippen LogP contribution is -2.26. The van der Waals surface area contributed by atoms with Crippen molar-refractivity contribution in [3.63, 3.8) is 0 Å². The largest absolute Gasteiger partial charge is 0.314 e. The number of rotatable bonds is 2. The average Bonchev–Trinajstić information content (AvgIpc) is 2.80. The zero-order chi connectivity index (χ0) is 10.9. The Morgan fingerprint density at radius 3 is 2.53 bits per heavy atom. The van der Waals surface area contributed by atoms with Gasteiger partial charge in [0.25, 0.3) is 0 Å². The van der Waals surface area contributed by atoms with Gasteiger partial charge in [-0.15, -0.1) is 0 Å². The van der Waals surface area contributed by atoms with Crippen molar-refractivity contribution in [2.75, 3.05) is 6.54 Å². The van der Waals surface area contributed by atoms with Crippen molar-refractivity contribution < 1.29 is 4.79 Å². The molecule has 15 heavy (non-hydrogen) atoms. The highest BCUT2D eigenvalue weighted by Gasteiger charge is 2.43. The quantitative estimate of drug-likeness (QED) is 0.635. The number of carbonyl (C=O) groups excluding carboxylic acids is 1. The molecule has 1 aliphatic heterocycles. The predicted octanol–water partition coefficient (Wildman–Crippen LogP) is 2.87. The van der Waals surface area contributed by atoms with Crippen LogP contribution in [-0.4, -0.2) is 17.9 Å². The molecule has 0 atom stereocenters. The summed E-state index contributed by atoms with van der Waals surface area (Å²) in [5.74, 6) is 0. The summed E-state index contributed by atoms with van der Waals surface area (Å²) in [7, 11) is 0. The monoisotopic (exact) mass is 205 g/mol. The summed E-state index contributed by atoms with van der Waals surface area (Å²) in [6, 6.07) is 0. The van der Waals surface area contributed by atoms with Gasteiger partial charge < -0.3 is 4.90 Å². The predicted molar refractivity (Wildman–Crippen MR) is 61.2 cm³/mol. The van der Waals surface area contributed by atoms with E-state index in [0.717, 1.165) is 18.7 Å². The Labute approximate surface area is 91.6 Å². The fourth-order valence-electron chi connectivity index (χ4n) is 3.07. The van der Waals surface area contributed by atoms with E-state index in [1.807, 2.05) is 17.9 Å². The molecule has 0 bridgehead atoms. The van der Waals surface area contributed by atoms with Crippen LogP contribution in [0.3, 0.4) is 0 Å². The molecule has 2 rings (SSSR count). The van der Waals surface area contributed by atoms with Crippen LogP contribution in [0.1, 0.15) is 39.5 Å². The highest BCUT2D eigenvalue weighted by atomic mass is 16.1. The Morgan fingerprint density at radius 1 is 1.33 bits per heavy atom. The topological polar surface area (TPSA) is 20.3 Å². The number of hydrogen-bond donors (Lipinski definition) is 0. The third kappa shape index (κ3) is 1.52. The normalized spacial score (nSPS) is 24.8. The Kier molecular flexibility index (Phi) is 2.68. The number of hydrogen-bond acceptors (Lipinski definition) is 1. The minimum Gasteiger partial charge on any atom is -0.314 e. The second-order valence-corrected chi connectivity index (χ2v) is 4.73. The standard InChI is InChI=1S/C13H19NO/c1-3-6-12-11(2)13(7-4-5-8-13)9-14(12)10-15/h3,6,10H,4-5,7-9H2,1-2H3/b6-3-. The van der Waals surface area contributed by atoms with Crippen LogP contribution < -0.4 is 0 Å². The van der Waals surface area contributed by atoms with Crippen LogP contribution in [0.4, 0.5) is 0 Å². The summed E-state index contributed by atoms with van der Waals surface area (Å²) in [5.41, 5.74) is 2.87. The molecule has 2 aliphatic rings. The molecule has 1 aliphatic carbocycles. The number of amides is 1. The van der Waals surface area contributed by atoms with Crippen molar-refractivity contribution in [1.29, 1.82) is 0 Å². The molecule has 0 saturated heterocycles. The first kappa shape index (κ1) is 10.5. The Hall–Kier alpha value is -1.05. The van der Waals surface area contributed by atoms with E-state index in [2.05, 4.69) is 13.0 Å². The summed E-state index contributed by atoms with van der Waals surface area (Å²) in [6.07, 6.45) is 10.2.